The molecule has 2 heterocycles. The van der Waals surface area contributed by atoms with Gasteiger partial charge in [-0.15, -0.1) is 0 Å². The van der Waals surface area contributed by atoms with Crippen molar-refractivity contribution < 1.29 is 14.5 Å². The molecule has 28 heavy (non-hydrogen) atoms. The van der Waals surface area contributed by atoms with Crippen LogP contribution < -0.4 is 10.1 Å². The van der Waals surface area contributed by atoms with Crippen molar-refractivity contribution in [2.75, 3.05) is 5.32 Å². The highest BCUT2D eigenvalue weighted by Gasteiger charge is 2.17. The van der Waals surface area contributed by atoms with E-state index in [1.807, 2.05) is 24.3 Å². The summed E-state index contributed by atoms with van der Waals surface area (Å²) < 4.78 is 8.48. The highest BCUT2D eigenvalue weighted by molar-refractivity contribution is 5.90. The van der Waals surface area contributed by atoms with Gasteiger partial charge in [0.15, 0.2) is 6.73 Å². The van der Waals surface area contributed by atoms with Gasteiger partial charge in [0, 0.05) is 0 Å². The number of hydrogen-bond acceptors (Lipinski definition) is 6. The number of nitrogens with zero attached hydrogens (tertiary/aromatic N) is 5. The maximum absolute atomic E-state index is 12.2. The predicted octanol–water partition coefficient (Wildman–Crippen LogP) is 2.53. The summed E-state index contributed by atoms with van der Waals surface area (Å²) in [5.41, 5.74) is 2.25. The molecule has 0 saturated heterocycles. The number of hydrogen-bond donors (Lipinski definition) is 1. The van der Waals surface area contributed by atoms with Gasteiger partial charge in [-0.1, -0.05) is 19.1 Å². The molecule has 1 N–H and O–H groups in total. The first-order valence-corrected chi connectivity index (χ1v) is 8.67. The number of aromatic nitrogens is 4. The van der Waals surface area contributed by atoms with Crippen molar-refractivity contribution in [3.05, 3.63) is 64.1 Å². The number of carbonyl (C=O) groups is 1. The molecule has 3 rings (SSSR count). The van der Waals surface area contributed by atoms with Crippen LogP contribution in [0.2, 0.25) is 0 Å². The minimum Gasteiger partial charge on any atom is -0.471 e. The number of nitro groups is 1. The van der Waals surface area contributed by atoms with Crippen molar-refractivity contribution in [3.8, 4) is 5.75 Å². The van der Waals surface area contributed by atoms with Gasteiger partial charge in [-0.2, -0.15) is 9.78 Å². The Morgan fingerprint density at radius 2 is 2.07 bits per heavy atom. The summed E-state index contributed by atoms with van der Waals surface area (Å²) in [6.45, 7) is 3.80. The first kappa shape index (κ1) is 19.1. The fourth-order valence-corrected chi connectivity index (χ4v) is 2.54. The lowest BCUT2D eigenvalue weighted by Crippen LogP contribution is -2.20. The molecule has 146 valence electrons. The van der Waals surface area contributed by atoms with Crippen molar-refractivity contribution in [1.29, 1.82) is 0 Å². The fourth-order valence-electron chi connectivity index (χ4n) is 2.54. The van der Waals surface area contributed by atoms with Gasteiger partial charge >= 0.3 is 5.82 Å². The molecule has 3 aromatic rings. The van der Waals surface area contributed by atoms with Crippen molar-refractivity contribution in [3.63, 3.8) is 0 Å². The lowest BCUT2D eigenvalue weighted by atomic mass is 10.2. The van der Waals surface area contributed by atoms with E-state index in [0.717, 1.165) is 12.2 Å². The maximum Gasteiger partial charge on any atom is 0.390 e. The molecule has 0 aliphatic carbocycles. The van der Waals surface area contributed by atoms with Gasteiger partial charge in [-0.3, -0.25) is 4.79 Å². The molecule has 1 aromatic carbocycles. The lowest BCUT2D eigenvalue weighted by Gasteiger charge is -2.06. The zero-order valence-electron chi connectivity index (χ0n) is 15.5. The average molecular weight is 384 g/mol. The van der Waals surface area contributed by atoms with E-state index in [9.17, 15) is 14.9 Å². The van der Waals surface area contributed by atoms with E-state index < -0.39 is 4.92 Å². The maximum atomic E-state index is 12.2. The second-order valence-electron chi connectivity index (χ2n) is 6.15. The van der Waals surface area contributed by atoms with E-state index >= 15 is 0 Å². The molecule has 0 aliphatic heterocycles. The Morgan fingerprint density at radius 3 is 2.71 bits per heavy atom. The van der Waals surface area contributed by atoms with Crippen LogP contribution in [0.4, 0.5) is 11.5 Å². The molecule has 0 bridgehead atoms. The molecule has 0 spiro atoms. The van der Waals surface area contributed by atoms with Crippen molar-refractivity contribution in [2.45, 2.75) is 33.5 Å². The summed E-state index contributed by atoms with van der Waals surface area (Å²) in [5, 5.41) is 21.4. The van der Waals surface area contributed by atoms with Gasteiger partial charge in [0.05, 0.1) is 34.9 Å². The third kappa shape index (κ3) is 4.72. The monoisotopic (exact) mass is 384 g/mol. The molecule has 10 heteroatoms. The third-order valence-corrected chi connectivity index (χ3v) is 4.06. The van der Waals surface area contributed by atoms with Crippen molar-refractivity contribution >= 4 is 17.4 Å². The number of carbonyl (C=O) groups excluding carboxylic acids is 1. The number of ether oxygens (including phenoxy) is 1. The van der Waals surface area contributed by atoms with Crippen molar-refractivity contribution in [1.82, 2.24) is 19.6 Å². The summed E-state index contributed by atoms with van der Waals surface area (Å²) in [6.07, 6.45) is 4.10. The molecular formula is C18H20N6O4. The highest BCUT2D eigenvalue weighted by atomic mass is 16.6. The molecule has 0 aliphatic rings. The van der Waals surface area contributed by atoms with Crippen LogP contribution in [0, 0.1) is 17.0 Å². The van der Waals surface area contributed by atoms with Crippen LogP contribution in [0.1, 0.15) is 18.2 Å². The summed E-state index contributed by atoms with van der Waals surface area (Å²) in [6, 6.07) is 9.13. The zero-order valence-corrected chi connectivity index (χ0v) is 15.5. The number of rotatable bonds is 8. The second kappa shape index (κ2) is 8.33. The molecule has 2 aromatic heterocycles. The molecule has 0 saturated carbocycles. The molecule has 0 atom stereocenters. The largest absolute Gasteiger partial charge is 0.471 e. The van der Waals surface area contributed by atoms with Crippen LogP contribution in [0.3, 0.4) is 0 Å². The number of anilines is 1. The molecule has 0 unspecified atom stereocenters. The summed E-state index contributed by atoms with van der Waals surface area (Å²) >= 11 is 0. The smallest absolute Gasteiger partial charge is 0.390 e. The first-order chi connectivity index (χ1) is 13.4. The van der Waals surface area contributed by atoms with Gasteiger partial charge in [-0.05, 0) is 36.0 Å². The van der Waals surface area contributed by atoms with Gasteiger partial charge < -0.3 is 20.2 Å². The van der Waals surface area contributed by atoms with E-state index in [1.165, 1.54) is 22.5 Å². The number of nitrogens with one attached hydrogen (secondary N) is 1. The van der Waals surface area contributed by atoms with E-state index in [0.29, 0.717) is 11.4 Å². The summed E-state index contributed by atoms with van der Waals surface area (Å²) in [4.78, 5) is 22.3. The Morgan fingerprint density at radius 1 is 1.32 bits per heavy atom. The zero-order chi connectivity index (χ0) is 20.1. The Balaban J connectivity index is 1.53. The van der Waals surface area contributed by atoms with Gasteiger partial charge in [0.2, 0.25) is 5.91 Å². The van der Waals surface area contributed by atoms with Crippen LogP contribution >= 0.6 is 0 Å². The van der Waals surface area contributed by atoms with Crippen LogP contribution in [-0.2, 0) is 24.5 Å². The summed E-state index contributed by atoms with van der Waals surface area (Å²) in [5.74, 6) is 0.0768. The molecule has 1 amide bonds. The van der Waals surface area contributed by atoms with Gasteiger partial charge in [0.25, 0.3) is 0 Å². The molecule has 10 nitrogen and oxygen atoms in total. The van der Waals surface area contributed by atoms with Crippen LogP contribution in [0.25, 0.3) is 0 Å². The first-order valence-electron chi connectivity index (χ1n) is 8.67. The normalized spacial score (nSPS) is 10.6. The fraction of sp³-hybridized carbons (Fsp3) is 0.278. The Labute approximate surface area is 160 Å². The Kier molecular flexibility index (Phi) is 5.68. The van der Waals surface area contributed by atoms with Crippen LogP contribution in [0.5, 0.6) is 5.75 Å². The predicted molar refractivity (Wildman–Crippen MR) is 101 cm³/mol. The quantitative estimate of drug-likeness (QED) is 0.471. The molecule has 0 fully saturated rings. The molecular weight excluding hydrogens is 364 g/mol. The molecule has 0 radical (unpaired) electrons. The lowest BCUT2D eigenvalue weighted by molar-refractivity contribution is -0.389. The SMILES string of the molecule is CCc1ccc(OCn2cc(NC(=O)Cn3nc([N+](=O)[O-])cc3C)cn2)cc1. The Bertz CT molecular complexity index is 976. The topological polar surface area (TPSA) is 117 Å². The van der Waals surface area contributed by atoms with Crippen LogP contribution in [0.15, 0.2) is 42.7 Å². The summed E-state index contributed by atoms with van der Waals surface area (Å²) in [7, 11) is 0. The van der Waals surface area contributed by atoms with Gasteiger partial charge in [0.1, 0.15) is 12.3 Å². The van der Waals surface area contributed by atoms with E-state index in [4.69, 9.17) is 4.74 Å². The number of aryl methyl sites for hydroxylation is 2. The second-order valence-corrected chi connectivity index (χ2v) is 6.15. The minimum absolute atomic E-state index is 0.134. The highest BCUT2D eigenvalue weighted by Crippen LogP contribution is 2.14. The van der Waals surface area contributed by atoms with Crippen LogP contribution in [-0.4, -0.2) is 30.4 Å². The van der Waals surface area contributed by atoms with E-state index in [2.05, 4.69) is 22.4 Å². The van der Waals surface area contributed by atoms with Crippen molar-refractivity contribution in [2.24, 2.45) is 0 Å². The van der Waals surface area contributed by atoms with Gasteiger partial charge in [-0.25, -0.2) is 4.68 Å². The minimum atomic E-state index is -0.596. The van der Waals surface area contributed by atoms with E-state index in [-0.39, 0.29) is 25.0 Å². The van der Waals surface area contributed by atoms with E-state index in [1.54, 1.807) is 17.8 Å². The third-order valence-electron chi connectivity index (χ3n) is 4.06. The number of amides is 1. The Hall–Kier alpha value is -3.69. The average Bonchev–Trinajstić information content (AvgIpc) is 3.27. The number of benzene rings is 1. The standard InChI is InChI=1S/C18H20N6O4/c1-3-14-4-6-16(7-5-14)28-12-22-10-15(9-19-22)20-18(25)11-23-13(2)8-17(21-23)24(26)27/h4-10H,3,11-12H2,1-2H3,(H,20,25).